The summed E-state index contributed by atoms with van der Waals surface area (Å²) in [5.74, 6) is -0.914. The molecule has 1 aromatic heterocycles. The van der Waals surface area contributed by atoms with Crippen molar-refractivity contribution in [2.75, 3.05) is 4.90 Å². The zero-order valence-corrected chi connectivity index (χ0v) is 14.2. The first-order valence-corrected chi connectivity index (χ1v) is 8.60. The summed E-state index contributed by atoms with van der Waals surface area (Å²) in [6, 6.07) is 20.0. The highest BCUT2D eigenvalue weighted by Crippen LogP contribution is 2.33. The Labute approximate surface area is 145 Å². The lowest BCUT2D eigenvalue weighted by Gasteiger charge is -2.22. The zero-order valence-electron chi connectivity index (χ0n) is 13.3. The summed E-state index contributed by atoms with van der Waals surface area (Å²) in [5, 5.41) is 10.1. The van der Waals surface area contributed by atoms with E-state index in [0.29, 0.717) is 28.7 Å². The van der Waals surface area contributed by atoms with Crippen molar-refractivity contribution in [2.24, 2.45) is 0 Å². The number of thiazole rings is 1. The van der Waals surface area contributed by atoms with E-state index in [4.69, 9.17) is 0 Å². The van der Waals surface area contributed by atoms with Gasteiger partial charge in [0, 0.05) is 5.69 Å². The van der Waals surface area contributed by atoms with Crippen LogP contribution in [0.5, 0.6) is 0 Å². The van der Waals surface area contributed by atoms with E-state index >= 15 is 0 Å². The Balaban J connectivity index is 2.03. The van der Waals surface area contributed by atoms with Gasteiger partial charge in [0.2, 0.25) is 0 Å². The van der Waals surface area contributed by atoms with Crippen molar-refractivity contribution in [3.8, 4) is 0 Å². The maximum Gasteiger partial charge on any atom is 0.347 e. The molecule has 0 saturated carbocycles. The van der Waals surface area contributed by atoms with Crippen LogP contribution in [0.4, 0.5) is 10.8 Å². The summed E-state index contributed by atoms with van der Waals surface area (Å²) in [7, 11) is 0. The third-order valence-electron chi connectivity index (χ3n) is 3.70. The number of carboxylic acids is 1. The molecule has 0 saturated heterocycles. The fraction of sp³-hybridized carbons (Fsp3) is 0.158. The van der Waals surface area contributed by atoms with Crippen LogP contribution in [0, 0.1) is 0 Å². The molecule has 0 aliphatic heterocycles. The molecule has 0 atom stereocenters. The molecule has 0 radical (unpaired) electrons. The van der Waals surface area contributed by atoms with Crippen molar-refractivity contribution >= 4 is 28.1 Å². The number of nitrogens with zero attached hydrogens (tertiary/aromatic N) is 2. The van der Waals surface area contributed by atoms with Crippen LogP contribution >= 0.6 is 11.3 Å². The number of aryl methyl sites for hydroxylation is 1. The minimum Gasteiger partial charge on any atom is -0.477 e. The van der Waals surface area contributed by atoms with Gasteiger partial charge in [-0.25, -0.2) is 9.78 Å². The molecule has 0 spiro atoms. The van der Waals surface area contributed by atoms with Crippen LogP contribution in [-0.2, 0) is 13.0 Å². The van der Waals surface area contributed by atoms with Gasteiger partial charge in [-0.3, -0.25) is 0 Å². The second kappa shape index (κ2) is 7.27. The van der Waals surface area contributed by atoms with Crippen LogP contribution in [0.15, 0.2) is 60.7 Å². The van der Waals surface area contributed by atoms with Gasteiger partial charge in [-0.05, 0) is 24.1 Å². The summed E-state index contributed by atoms with van der Waals surface area (Å²) in [4.78, 5) is 18.4. The van der Waals surface area contributed by atoms with Crippen LogP contribution < -0.4 is 4.90 Å². The monoisotopic (exact) mass is 338 g/mol. The molecular formula is C19H18N2O2S. The molecule has 1 N–H and O–H groups in total. The number of hydrogen-bond acceptors (Lipinski definition) is 4. The fourth-order valence-electron chi connectivity index (χ4n) is 2.50. The molecule has 0 fully saturated rings. The Kier molecular flexibility index (Phi) is 4.91. The predicted octanol–water partition coefficient (Wildman–Crippen LogP) is 4.74. The molecule has 2 aromatic carbocycles. The maximum atomic E-state index is 11.5. The number of carboxylic acid groups (broad SMARTS) is 1. The number of aromatic nitrogens is 1. The van der Waals surface area contributed by atoms with Crippen LogP contribution in [0.3, 0.4) is 0 Å². The molecule has 5 heteroatoms. The SMILES string of the molecule is CCc1nc(N(Cc2ccccc2)c2ccccc2)sc1C(=O)O. The Hall–Kier alpha value is -2.66. The summed E-state index contributed by atoms with van der Waals surface area (Å²) in [6.07, 6.45) is 0.603. The summed E-state index contributed by atoms with van der Waals surface area (Å²) in [6.45, 7) is 2.57. The van der Waals surface area contributed by atoms with Crippen LogP contribution in [0.25, 0.3) is 0 Å². The molecule has 24 heavy (non-hydrogen) atoms. The van der Waals surface area contributed by atoms with Crippen molar-refractivity contribution in [3.05, 3.63) is 76.8 Å². The molecule has 122 valence electrons. The van der Waals surface area contributed by atoms with Gasteiger partial charge >= 0.3 is 5.97 Å². The quantitative estimate of drug-likeness (QED) is 0.705. The van der Waals surface area contributed by atoms with E-state index < -0.39 is 5.97 Å². The van der Waals surface area contributed by atoms with Gasteiger partial charge < -0.3 is 10.0 Å². The van der Waals surface area contributed by atoms with Crippen molar-refractivity contribution in [2.45, 2.75) is 19.9 Å². The molecule has 3 aromatic rings. The van der Waals surface area contributed by atoms with Gasteiger partial charge in [-0.15, -0.1) is 0 Å². The highest BCUT2D eigenvalue weighted by molar-refractivity contribution is 7.17. The average molecular weight is 338 g/mol. The largest absolute Gasteiger partial charge is 0.477 e. The molecular weight excluding hydrogens is 320 g/mol. The lowest BCUT2D eigenvalue weighted by atomic mass is 10.2. The molecule has 0 amide bonds. The van der Waals surface area contributed by atoms with Gasteiger partial charge in [0.1, 0.15) is 4.88 Å². The first kappa shape index (κ1) is 16.2. The highest BCUT2D eigenvalue weighted by atomic mass is 32.1. The number of anilines is 2. The second-order valence-corrected chi connectivity index (χ2v) is 6.32. The summed E-state index contributed by atoms with van der Waals surface area (Å²) in [5.41, 5.74) is 2.78. The molecule has 0 aliphatic rings. The predicted molar refractivity (Wildman–Crippen MR) is 97.2 cm³/mol. The first-order chi connectivity index (χ1) is 11.7. The smallest absolute Gasteiger partial charge is 0.347 e. The van der Waals surface area contributed by atoms with E-state index in [2.05, 4.69) is 22.0 Å². The summed E-state index contributed by atoms with van der Waals surface area (Å²) < 4.78 is 0. The first-order valence-electron chi connectivity index (χ1n) is 7.78. The third kappa shape index (κ3) is 3.46. The van der Waals surface area contributed by atoms with Gasteiger partial charge in [-0.1, -0.05) is 66.8 Å². The van der Waals surface area contributed by atoms with E-state index in [-0.39, 0.29) is 0 Å². The number of para-hydroxylation sites is 1. The number of hydrogen-bond donors (Lipinski definition) is 1. The topological polar surface area (TPSA) is 53.4 Å². The van der Waals surface area contributed by atoms with Crippen LogP contribution in [0.1, 0.15) is 27.9 Å². The van der Waals surface area contributed by atoms with E-state index in [1.807, 2.05) is 55.5 Å². The lowest BCUT2D eigenvalue weighted by Crippen LogP contribution is -2.16. The Morgan fingerprint density at radius 2 is 1.71 bits per heavy atom. The van der Waals surface area contributed by atoms with Crippen LogP contribution in [-0.4, -0.2) is 16.1 Å². The highest BCUT2D eigenvalue weighted by Gasteiger charge is 2.20. The Morgan fingerprint density at radius 1 is 1.08 bits per heavy atom. The molecule has 0 aliphatic carbocycles. The van der Waals surface area contributed by atoms with Crippen molar-refractivity contribution in [1.29, 1.82) is 0 Å². The number of rotatable bonds is 6. The lowest BCUT2D eigenvalue weighted by molar-refractivity contribution is 0.0701. The second-order valence-electron chi connectivity index (χ2n) is 5.34. The number of carbonyl (C=O) groups is 1. The van der Waals surface area contributed by atoms with Gasteiger partial charge in [0.25, 0.3) is 0 Å². The molecule has 0 unspecified atom stereocenters. The Bertz CT molecular complexity index is 816. The van der Waals surface area contributed by atoms with E-state index in [1.165, 1.54) is 11.3 Å². The normalized spacial score (nSPS) is 10.5. The van der Waals surface area contributed by atoms with Crippen molar-refractivity contribution in [1.82, 2.24) is 4.98 Å². The third-order valence-corrected chi connectivity index (χ3v) is 4.81. The van der Waals surface area contributed by atoms with Crippen molar-refractivity contribution in [3.63, 3.8) is 0 Å². The molecule has 1 heterocycles. The summed E-state index contributed by atoms with van der Waals surface area (Å²) >= 11 is 1.23. The zero-order chi connectivity index (χ0) is 16.9. The average Bonchev–Trinajstić information content (AvgIpc) is 3.06. The Morgan fingerprint density at radius 3 is 2.25 bits per heavy atom. The minimum atomic E-state index is -0.914. The fourth-order valence-corrected chi connectivity index (χ4v) is 3.52. The van der Waals surface area contributed by atoms with Gasteiger partial charge in [0.15, 0.2) is 5.13 Å². The maximum absolute atomic E-state index is 11.5. The van der Waals surface area contributed by atoms with E-state index in [1.54, 1.807) is 0 Å². The molecule has 3 rings (SSSR count). The number of benzene rings is 2. The standard InChI is InChI=1S/C19H18N2O2S/c1-2-16-17(18(22)23)24-19(20-16)21(15-11-7-4-8-12-15)13-14-9-5-3-6-10-14/h3-12H,2,13H2,1H3,(H,22,23). The molecule has 0 bridgehead atoms. The van der Waals surface area contributed by atoms with E-state index in [0.717, 1.165) is 11.3 Å². The molecule has 4 nitrogen and oxygen atoms in total. The van der Waals surface area contributed by atoms with Crippen LogP contribution in [0.2, 0.25) is 0 Å². The van der Waals surface area contributed by atoms with Crippen molar-refractivity contribution < 1.29 is 9.90 Å². The van der Waals surface area contributed by atoms with Gasteiger partial charge in [0.05, 0.1) is 12.2 Å². The van der Waals surface area contributed by atoms with Gasteiger partial charge in [-0.2, -0.15) is 0 Å². The van der Waals surface area contributed by atoms with E-state index in [9.17, 15) is 9.90 Å². The minimum absolute atomic E-state index is 0.321. The number of aromatic carboxylic acids is 1.